The summed E-state index contributed by atoms with van der Waals surface area (Å²) in [5, 5.41) is 0.651. The van der Waals surface area contributed by atoms with Gasteiger partial charge in [-0.1, -0.05) is 49.4 Å². The summed E-state index contributed by atoms with van der Waals surface area (Å²) >= 11 is 5.80. The highest BCUT2D eigenvalue weighted by molar-refractivity contribution is 6.31. The summed E-state index contributed by atoms with van der Waals surface area (Å²) in [7, 11) is 0. The summed E-state index contributed by atoms with van der Waals surface area (Å²) in [4.78, 5) is 0. The van der Waals surface area contributed by atoms with Crippen LogP contribution in [0.15, 0.2) is 47.6 Å². The van der Waals surface area contributed by atoms with E-state index in [0.29, 0.717) is 5.03 Å². The zero-order chi connectivity index (χ0) is 9.56. The Morgan fingerprint density at radius 1 is 1.33 bits per heavy atom. The van der Waals surface area contributed by atoms with Gasteiger partial charge < -0.3 is 0 Å². The van der Waals surface area contributed by atoms with E-state index in [1.54, 1.807) is 6.08 Å². The molecule has 0 aliphatic carbocycles. The maximum absolute atomic E-state index is 5.80. The third kappa shape index (κ3) is 3.59. The number of hydrogen-bond acceptors (Lipinski definition) is 0. The first-order valence-corrected chi connectivity index (χ1v) is 4.35. The maximum atomic E-state index is 5.80. The standard InChI is InChI=1S/C11H15Cl/c1-5-9(4)10(6-2)8-11(12)7-3/h6-8H,2-3,5H2,1,4H3/b10-9+,11-8+. The smallest absolute Gasteiger partial charge is 0.0406 e. The molecule has 0 N–H and O–H groups in total. The summed E-state index contributed by atoms with van der Waals surface area (Å²) in [6.45, 7) is 11.5. The molecule has 0 heterocycles. The predicted octanol–water partition coefficient (Wildman–Crippen LogP) is 4.21. The summed E-state index contributed by atoms with van der Waals surface area (Å²) in [5.41, 5.74) is 2.37. The van der Waals surface area contributed by atoms with Gasteiger partial charge in [-0.05, 0) is 25.0 Å². The van der Waals surface area contributed by atoms with Gasteiger partial charge in [-0.3, -0.25) is 0 Å². The van der Waals surface area contributed by atoms with Crippen LogP contribution in [0.25, 0.3) is 0 Å². The molecule has 0 amide bonds. The van der Waals surface area contributed by atoms with Gasteiger partial charge in [0.15, 0.2) is 0 Å². The average molecular weight is 183 g/mol. The fraction of sp³-hybridized carbons (Fsp3) is 0.273. The minimum absolute atomic E-state index is 0.651. The molecule has 0 unspecified atom stereocenters. The Kier molecular flexibility index (Phi) is 5.48. The highest BCUT2D eigenvalue weighted by Gasteiger charge is 1.93. The molecule has 0 aromatic heterocycles. The van der Waals surface area contributed by atoms with E-state index < -0.39 is 0 Å². The molecule has 0 atom stereocenters. The molecule has 0 aliphatic heterocycles. The second kappa shape index (κ2) is 5.84. The van der Waals surface area contributed by atoms with Crippen molar-refractivity contribution < 1.29 is 0 Å². The number of allylic oxidation sites excluding steroid dienone is 6. The highest BCUT2D eigenvalue weighted by atomic mass is 35.5. The van der Waals surface area contributed by atoms with Crippen LogP contribution >= 0.6 is 11.6 Å². The first-order valence-electron chi connectivity index (χ1n) is 3.97. The van der Waals surface area contributed by atoms with E-state index in [2.05, 4.69) is 27.0 Å². The maximum Gasteiger partial charge on any atom is 0.0406 e. The number of rotatable bonds is 4. The first-order chi connectivity index (χ1) is 5.65. The van der Waals surface area contributed by atoms with Crippen molar-refractivity contribution in [3.8, 4) is 0 Å². The summed E-state index contributed by atoms with van der Waals surface area (Å²) < 4.78 is 0. The molecule has 0 spiro atoms. The van der Waals surface area contributed by atoms with Crippen molar-refractivity contribution in [2.75, 3.05) is 0 Å². The third-order valence-corrected chi connectivity index (χ3v) is 1.99. The first kappa shape index (κ1) is 11.2. The Morgan fingerprint density at radius 2 is 1.92 bits per heavy atom. The molecule has 1 heteroatoms. The molecule has 0 aromatic carbocycles. The van der Waals surface area contributed by atoms with Crippen LogP contribution < -0.4 is 0 Å². The minimum atomic E-state index is 0.651. The van der Waals surface area contributed by atoms with Crippen LogP contribution in [0.4, 0.5) is 0 Å². The van der Waals surface area contributed by atoms with E-state index in [1.165, 1.54) is 5.57 Å². The Hall–Kier alpha value is -0.750. The molecule has 0 rings (SSSR count). The van der Waals surface area contributed by atoms with Crippen LogP contribution in [0.2, 0.25) is 0 Å². The van der Waals surface area contributed by atoms with E-state index in [4.69, 9.17) is 11.6 Å². The van der Waals surface area contributed by atoms with Crippen molar-refractivity contribution in [3.05, 3.63) is 47.6 Å². The SMILES string of the molecule is C=C/C(Cl)=C\C(C=C)=C(/C)CC. The van der Waals surface area contributed by atoms with Gasteiger partial charge in [0.05, 0.1) is 0 Å². The molecule has 0 saturated carbocycles. The largest absolute Gasteiger partial charge is 0.0985 e. The molecule has 0 aromatic rings. The third-order valence-electron chi connectivity index (χ3n) is 1.73. The molecule has 0 radical (unpaired) electrons. The molecule has 0 aliphatic rings. The van der Waals surface area contributed by atoms with Crippen molar-refractivity contribution in [2.45, 2.75) is 20.3 Å². The molecular weight excluding hydrogens is 168 g/mol. The van der Waals surface area contributed by atoms with Gasteiger partial charge >= 0.3 is 0 Å². The molecule has 0 saturated heterocycles. The Balaban J connectivity index is 4.81. The summed E-state index contributed by atoms with van der Waals surface area (Å²) in [6.07, 6.45) is 6.32. The molecule has 12 heavy (non-hydrogen) atoms. The fourth-order valence-electron chi connectivity index (χ4n) is 0.768. The zero-order valence-corrected chi connectivity index (χ0v) is 8.49. The van der Waals surface area contributed by atoms with Crippen molar-refractivity contribution in [1.82, 2.24) is 0 Å². The van der Waals surface area contributed by atoms with Crippen molar-refractivity contribution in [2.24, 2.45) is 0 Å². The summed E-state index contributed by atoms with van der Waals surface area (Å²) in [5.74, 6) is 0. The molecule has 0 bridgehead atoms. The molecule has 0 fully saturated rings. The fourth-order valence-corrected chi connectivity index (χ4v) is 0.886. The van der Waals surface area contributed by atoms with E-state index >= 15 is 0 Å². The van der Waals surface area contributed by atoms with Crippen LogP contribution in [0.5, 0.6) is 0 Å². The van der Waals surface area contributed by atoms with Gasteiger partial charge in [-0.15, -0.1) is 0 Å². The molecular formula is C11H15Cl. The number of halogens is 1. The predicted molar refractivity (Wildman–Crippen MR) is 57.3 cm³/mol. The second-order valence-electron chi connectivity index (χ2n) is 2.53. The Morgan fingerprint density at radius 3 is 2.25 bits per heavy atom. The van der Waals surface area contributed by atoms with E-state index in [0.717, 1.165) is 12.0 Å². The van der Waals surface area contributed by atoms with E-state index in [-0.39, 0.29) is 0 Å². The van der Waals surface area contributed by atoms with Crippen LogP contribution in [0.1, 0.15) is 20.3 Å². The van der Waals surface area contributed by atoms with Gasteiger partial charge in [-0.25, -0.2) is 0 Å². The van der Waals surface area contributed by atoms with E-state index in [9.17, 15) is 0 Å². The topological polar surface area (TPSA) is 0 Å². The van der Waals surface area contributed by atoms with Crippen molar-refractivity contribution in [1.29, 1.82) is 0 Å². The van der Waals surface area contributed by atoms with Gasteiger partial charge in [-0.2, -0.15) is 0 Å². The lowest BCUT2D eigenvalue weighted by atomic mass is 10.1. The van der Waals surface area contributed by atoms with Crippen LogP contribution in [-0.2, 0) is 0 Å². The van der Waals surface area contributed by atoms with Crippen molar-refractivity contribution in [3.63, 3.8) is 0 Å². The Labute approximate surface area is 79.9 Å². The second-order valence-corrected chi connectivity index (χ2v) is 2.96. The van der Waals surface area contributed by atoms with Gasteiger partial charge in [0.2, 0.25) is 0 Å². The Bertz CT molecular complexity index is 231. The zero-order valence-electron chi connectivity index (χ0n) is 7.73. The quantitative estimate of drug-likeness (QED) is 0.572. The summed E-state index contributed by atoms with van der Waals surface area (Å²) in [6, 6.07) is 0. The highest BCUT2D eigenvalue weighted by Crippen LogP contribution is 2.14. The molecule has 66 valence electrons. The van der Waals surface area contributed by atoms with Gasteiger partial charge in [0.25, 0.3) is 0 Å². The van der Waals surface area contributed by atoms with Crippen molar-refractivity contribution >= 4 is 11.6 Å². The lowest BCUT2D eigenvalue weighted by molar-refractivity contribution is 1.08. The normalized spacial score (nSPS) is 13.8. The minimum Gasteiger partial charge on any atom is -0.0985 e. The lowest BCUT2D eigenvalue weighted by Gasteiger charge is -2.00. The van der Waals surface area contributed by atoms with Crippen LogP contribution in [0.3, 0.4) is 0 Å². The monoisotopic (exact) mass is 182 g/mol. The lowest BCUT2D eigenvalue weighted by Crippen LogP contribution is -1.80. The van der Waals surface area contributed by atoms with Crippen LogP contribution in [-0.4, -0.2) is 0 Å². The van der Waals surface area contributed by atoms with Gasteiger partial charge in [0.1, 0.15) is 0 Å². The molecule has 0 nitrogen and oxygen atoms in total. The van der Waals surface area contributed by atoms with E-state index in [1.807, 2.05) is 12.2 Å². The van der Waals surface area contributed by atoms with Crippen LogP contribution in [0, 0.1) is 0 Å². The average Bonchev–Trinajstić information content (AvgIpc) is 2.12. The number of hydrogen-bond donors (Lipinski definition) is 0. The van der Waals surface area contributed by atoms with Gasteiger partial charge in [0, 0.05) is 5.03 Å².